The number of nitrogens with one attached hydrogen (secondary N) is 1. The molecule has 25 heavy (non-hydrogen) atoms. The van der Waals surface area contributed by atoms with Gasteiger partial charge < -0.3 is 10.1 Å². The second-order valence-electron chi connectivity index (χ2n) is 6.26. The van der Waals surface area contributed by atoms with Crippen LogP contribution in [-0.4, -0.2) is 40.0 Å². The number of amides is 1. The molecule has 2 aromatic rings. The highest BCUT2D eigenvalue weighted by Gasteiger charge is 2.26. The van der Waals surface area contributed by atoms with Gasteiger partial charge in [-0.15, -0.1) is 0 Å². The Morgan fingerprint density at radius 1 is 1.40 bits per heavy atom. The van der Waals surface area contributed by atoms with Gasteiger partial charge in [0.15, 0.2) is 5.13 Å². The van der Waals surface area contributed by atoms with Crippen molar-refractivity contribution >= 4 is 22.4 Å². The van der Waals surface area contributed by atoms with Gasteiger partial charge >= 0.3 is 0 Å². The van der Waals surface area contributed by atoms with Crippen molar-refractivity contribution in [2.45, 2.75) is 39.8 Å². The number of hydrogen-bond donors (Lipinski definition) is 1. The van der Waals surface area contributed by atoms with Crippen LogP contribution in [0.25, 0.3) is 0 Å². The first-order valence-electron chi connectivity index (χ1n) is 8.16. The van der Waals surface area contributed by atoms with Gasteiger partial charge in [0.25, 0.3) is 0 Å². The van der Waals surface area contributed by atoms with Crippen LogP contribution in [0.4, 0.5) is 9.52 Å². The van der Waals surface area contributed by atoms with Crippen molar-refractivity contribution in [2.24, 2.45) is 0 Å². The van der Waals surface area contributed by atoms with Gasteiger partial charge in [-0.25, -0.2) is 0 Å². The minimum Gasteiger partial charge on any atom is -0.489 e. The summed E-state index contributed by atoms with van der Waals surface area (Å²) in [5.41, 5.74) is 1.86. The summed E-state index contributed by atoms with van der Waals surface area (Å²) in [5.74, 6) is 0.0603. The molecule has 0 radical (unpaired) electrons. The van der Waals surface area contributed by atoms with E-state index in [2.05, 4.69) is 20.2 Å². The average molecular weight is 364 g/mol. The fourth-order valence-corrected chi connectivity index (χ4v) is 3.86. The molecule has 3 heterocycles. The zero-order chi connectivity index (χ0) is 18.0. The van der Waals surface area contributed by atoms with Crippen molar-refractivity contribution in [3.05, 3.63) is 34.3 Å². The lowest BCUT2D eigenvalue weighted by Crippen LogP contribution is -2.24. The smallest absolute Gasteiger partial charge is 0.230 e. The number of rotatable bonds is 5. The van der Waals surface area contributed by atoms with E-state index in [9.17, 15) is 9.18 Å². The zero-order valence-electron chi connectivity index (χ0n) is 14.5. The number of thiazole rings is 1. The molecule has 0 spiro atoms. The molecule has 1 amide bonds. The summed E-state index contributed by atoms with van der Waals surface area (Å²) in [7, 11) is 0. The number of aromatic nitrogens is 2. The molecular formula is C17H21FN4O2S. The molecule has 1 aliphatic heterocycles. The van der Waals surface area contributed by atoms with Gasteiger partial charge in [-0.2, -0.15) is 9.37 Å². The Hall–Kier alpha value is -2.06. The minimum atomic E-state index is -0.515. The Kier molecular flexibility index (Phi) is 5.29. The zero-order valence-corrected chi connectivity index (χ0v) is 15.3. The highest BCUT2D eigenvalue weighted by molar-refractivity contribution is 7.15. The molecule has 0 aromatic carbocycles. The Labute approximate surface area is 150 Å². The Morgan fingerprint density at radius 2 is 2.12 bits per heavy atom. The summed E-state index contributed by atoms with van der Waals surface area (Å²) in [6.07, 6.45) is 0.964. The van der Waals surface area contributed by atoms with Crippen LogP contribution in [0.3, 0.4) is 0 Å². The van der Waals surface area contributed by atoms with Crippen LogP contribution in [0.2, 0.25) is 0 Å². The predicted octanol–water partition coefficient (Wildman–Crippen LogP) is 2.91. The first-order valence-corrected chi connectivity index (χ1v) is 8.98. The second-order valence-corrected chi connectivity index (χ2v) is 7.35. The molecule has 0 saturated carbocycles. The van der Waals surface area contributed by atoms with E-state index in [1.54, 1.807) is 0 Å². The third-order valence-electron chi connectivity index (χ3n) is 3.89. The van der Waals surface area contributed by atoms with Gasteiger partial charge in [-0.05, 0) is 20.3 Å². The number of pyridine rings is 1. The SMILES string of the molecule is CC(=O)Nc1nc(F)c(CN2CCC(Oc3cc(C)nc(C)c3)C2)s1. The summed E-state index contributed by atoms with van der Waals surface area (Å²) in [6.45, 7) is 7.30. The maximum Gasteiger partial charge on any atom is 0.230 e. The Bertz CT molecular complexity index is 760. The third kappa shape index (κ3) is 4.73. The normalized spacial score (nSPS) is 17.7. The van der Waals surface area contributed by atoms with Crippen LogP contribution in [0.5, 0.6) is 5.75 Å². The van der Waals surface area contributed by atoms with Crippen molar-refractivity contribution in [1.29, 1.82) is 0 Å². The van der Waals surface area contributed by atoms with Crippen molar-refractivity contribution in [1.82, 2.24) is 14.9 Å². The van der Waals surface area contributed by atoms with Crippen molar-refractivity contribution in [3.63, 3.8) is 0 Å². The number of ether oxygens (including phenoxy) is 1. The number of likely N-dealkylation sites (tertiary alicyclic amines) is 1. The quantitative estimate of drug-likeness (QED) is 0.884. The highest BCUT2D eigenvalue weighted by Crippen LogP contribution is 2.26. The lowest BCUT2D eigenvalue weighted by Gasteiger charge is -2.16. The van der Waals surface area contributed by atoms with Gasteiger partial charge in [0, 0.05) is 50.1 Å². The molecule has 1 saturated heterocycles. The number of anilines is 1. The molecule has 6 nitrogen and oxygen atoms in total. The molecule has 1 N–H and O–H groups in total. The Balaban J connectivity index is 1.58. The maximum absolute atomic E-state index is 13.9. The van der Waals surface area contributed by atoms with E-state index in [1.165, 1.54) is 18.3 Å². The fraction of sp³-hybridized carbons (Fsp3) is 0.471. The minimum absolute atomic E-state index is 0.0759. The Morgan fingerprint density at radius 3 is 2.80 bits per heavy atom. The van der Waals surface area contributed by atoms with Crippen molar-refractivity contribution in [2.75, 3.05) is 18.4 Å². The molecule has 1 atom stereocenters. The number of halogens is 1. The van der Waals surface area contributed by atoms with E-state index in [-0.39, 0.29) is 12.0 Å². The summed E-state index contributed by atoms with van der Waals surface area (Å²) in [5, 5.41) is 2.82. The van der Waals surface area contributed by atoms with E-state index < -0.39 is 5.95 Å². The molecule has 0 bridgehead atoms. The fourth-order valence-electron chi connectivity index (χ4n) is 2.93. The second kappa shape index (κ2) is 7.45. The third-order valence-corrected chi connectivity index (χ3v) is 4.82. The van der Waals surface area contributed by atoms with Gasteiger partial charge in [0.1, 0.15) is 11.9 Å². The first kappa shape index (κ1) is 17.8. The summed E-state index contributed by atoms with van der Waals surface area (Å²) in [4.78, 5) is 21.8. The summed E-state index contributed by atoms with van der Waals surface area (Å²) in [6, 6.07) is 3.86. The van der Waals surface area contributed by atoms with Crippen LogP contribution >= 0.6 is 11.3 Å². The molecule has 1 unspecified atom stereocenters. The van der Waals surface area contributed by atoms with Gasteiger partial charge in [0.05, 0.1) is 4.88 Å². The number of carbonyl (C=O) groups is 1. The maximum atomic E-state index is 13.9. The number of carbonyl (C=O) groups excluding carboxylic acids is 1. The molecule has 134 valence electrons. The first-order chi connectivity index (χ1) is 11.9. The summed E-state index contributed by atoms with van der Waals surface area (Å²) < 4.78 is 20.0. The van der Waals surface area contributed by atoms with Crippen molar-refractivity contribution < 1.29 is 13.9 Å². The lowest BCUT2D eigenvalue weighted by atomic mass is 10.3. The lowest BCUT2D eigenvalue weighted by molar-refractivity contribution is -0.114. The van der Waals surface area contributed by atoms with Crippen LogP contribution in [0.1, 0.15) is 29.6 Å². The topological polar surface area (TPSA) is 67.4 Å². The molecule has 8 heteroatoms. The summed E-state index contributed by atoms with van der Waals surface area (Å²) >= 11 is 1.17. The van der Waals surface area contributed by atoms with Gasteiger partial charge in [-0.3, -0.25) is 14.7 Å². The molecule has 0 aliphatic carbocycles. The monoisotopic (exact) mass is 364 g/mol. The molecular weight excluding hydrogens is 343 g/mol. The average Bonchev–Trinajstić information content (AvgIpc) is 3.05. The van der Waals surface area contributed by atoms with Crippen molar-refractivity contribution in [3.8, 4) is 5.75 Å². The predicted molar refractivity (Wildman–Crippen MR) is 94.4 cm³/mol. The van der Waals surface area contributed by atoms with Crippen LogP contribution < -0.4 is 10.1 Å². The van der Waals surface area contributed by atoms with Crippen LogP contribution in [-0.2, 0) is 11.3 Å². The highest BCUT2D eigenvalue weighted by atomic mass is 32.1. The number of aryl methyl sites for hydroxylation is 2. The van der Waals surface area contributed by atoms with E-state index in [0.717, 1.165) is 36.6 Å². The molecule has 3 rings (SSSR count). The van der Waals surface area contributed by atoms with E-state index >= 15 is 0 Å². The van der Waals surface area contributed by atoms with Crippen LogP contribution in [0.15, 0.2) is 12.1 Å². The van der Waals surface area contributed by atoms with Gasteiger partial charge in [0.2, 0.25) is 11.9 Å². The number of hydrogen-bond acceptors (Lipinski definition) is 6. The van der Waals surface area contributed by atoms with E-state index in [4.69, 9.17) is 4.74 Å². The van der Waals surface area contributed by atoms with Crippen LogP contribution in [0, 0.1) is 19.8 Å². The van der Waals surface area contributed by atoms with E-state index in [0.29, 0.717) is 16.6 Å². The number of nitrogens with zero attached hydrogens (tertiary/aromatic N) is 3. The standard InChI is InChI=1S/C17H21FN4O2S/c1-10-6-14(7-11(2)19-10)24-13-4-5-22(8-13)9-15-16(18)21-17(25-15)20-12(3)23/h6-7,13H,4-5,8-9H2,1-3H3,(H,20,21,23). The molecule has 2 aromatic heterocycles. The molecule has 1 aliphatic rings. The van der Waals surface area contributed by atoms with Gasteiger partial charge in [-0.1, -0.05) is 11.3 Å². The molecule has 1 fully saturated rings. The van der Waals surface area contributed by atoms with E-state index in [1.807, 2.05) is 26.0 Å². The largest absolute Gasteiger partial charge is 0.489 e.